The Morgan fingerprint density at radius 1 is 1.03 bits per heavy atom. The van der Waals surface area contributed by atoms with E-state index in [0.29, 0.717) is 25.0 Å². The first-order valence-corrected chi connectivity index (χ1v) is 11.2. The zero-order valence-corrected chi connectivity index (χ0v) is 17.8. The first-order chi connectivity index (χ1) is 14.0. The van der Waals surface area contributed by atoms with E-state index in [2.05, 4.69) is 16.4 Å². The summed E-state index contributed by atoms with van der Waals surface area (Å²) in [5.41, 5.74) is 1.19. The van der Waals surface area contributed by atoms with Crippen LogP contribution in [0.3, 0.4) is 0 Å². The Hall–Kier alpha value is -1.89. The Morgan fingerprint density at radius 2 is 1.76 bits per heavy atom. The van der Waals surface area contributed by atoms with Gasteiger partial charge in [0.25, 0.3) is 0 Å². The molecule has 4 heterocycles. The third kappa shape index (κ3) is 4.34. The minimum Gasteiger partial charge on any atom is -0.381 e. The van der Waals surface area contributed by atoms with E-state index in [9.17, 15) is 9.59 Å². The molecule has 1 atom stereocenters. The number of carbonyl (C=O) groups excluding carboxylic acids is 2. The molecule has 0 N–H and O–H groups in total. The summed E-state index contributed by atoms with van der Waals surface area (Å²) in [6.45, 7) is 8.40. The number of imidazole rings is 1. The van der Waals surface area contributed by atoms with E-state index in [0.717, 1.165) is 64.8 Å². The van der Waals surface area contributed by atoms with Gasteiger partial charge in [-0.05, 0) is 45.4 Å². The topological polar surface area (TPSA) is 67.7 Å². The van der Waals surface area contributed by atoms with Gasteiger partial charge in [0.05, 0.1) is 6.04 Å². The Bertz CT molecular complexity index is 732. The Kier molecular flexibility index (Phi) is 6.23. The van der Waals surface area contributed by atoms with Crippen LogP contribution >= 0.6 is 0 Å². The van der Waals surface area contributed by atoms with Crippen LogP contribution in [0.25, 0.3) is 0 Å². The van der Waals surface area contributed by atoms with Gasteiger partial charge in [-0.25, -0.2) is 4.98 Å². The maximum Gasteiger partial charge on any atom is 0.225 e. The lowest BCUT2D eigenvalue weighted by molar-refractivity contribution is -0.141. The smallest absolute Gasteiger partial charge is 0.225 e. The number of carbonyl (C=O) groups is 2. The van der Waals surface area contributed by atoms with Crippen LogP contribution in [-0.4, -0.2) is 70.6 Å². The monoisotopic (exact) mass is 402 g/mol. The molecule has 0 bridgehead atoms. The summed E-state index contributed by atoms with van der Waals surface area (Å²) in [6, 6.07) is 0.311. The van der Waals surface area contributed by atoms with E-state index < -0.39 is 0 Å². The normalized spacial score (nSPS) is 24.7. The number of amides is 2. The van der Waals surface area contributed by atoms with Gasteiger partial charge >= 0.3 is 0 Å². The number of hydrogen-bond donors (Lipinski definition) is 0. The molecular formula is C22H34N4O3. The first kappa shape index (κ1) is 20.4. The zero-order chi connectivity index (χ0) is 20.4. The van der Waals surface area contributed by atoms with Crippen molar-refractivity contribution in [2.45, 2.75) is 64.3 Å². The van der Waals surface area contributed by atoms with Crippen molar-refractivity contribution in [3.05, 3.63) is 17.7 Å². The summed E-state index contributed by atoms with van der Waals surface area (Å²) in [5, 5.41) is 0. The van der Waals surface area contributed by atoms with Crippen molar-refractivity contribution in [3.8, 4) is 0 Å². The molecule has 7 heteroatoms. The van der Waals surface area contributed by atoms with Gasteiger partial charge in [-0.15, -0.1) is 0 Å². The van der Waals surface area contributed by atoms with E-state index in [1.165, 1.54) is 11.5 Å². The summed E-state index contributed by atoms with van der Waals surface area (Å²) >= 11 is 0. The van der Waals surface area contributed by atoms with Crippen LogP contribution in [0.1, 0.15) is 68.9 Å². The summed E-state index contributed by atoms with van der Waals surface area (Å²) in [5.74, 6) is 2.09. The van der Waals surface area contributed by atoms with Crippen LogP contribution in [0.15, 0.2) is 6.20 Å². The molecule has 0 radical (unpaired) electrons. The lowest BCUT2D eigenvalue weighted by Gasteiger charge is -2.39. The molecule has 3 aliphatic heterocycles. The van der Waals surface area contributed by atoms with Crippen molar-refractivity contribution < 1.29 is 14.3 Å². The number of aryl methyl sites for hydroxylation is 1. The molecule has 7 nitrogen and oxygen atoms in total. The fraction of sp³-hybridized carbons (Fsp3) is 0.773. The van der Waals surface area contributed by atoms with Crippen LogP contribution in [0.2, 0.25) is 0 Å². The lowest BCUT2D eigenvalue weighted by atomic mass is 9.93. The molecule has 0 aliphatic carbocycles. The molecule has 3 saturated heterocycles. The van der Waals surface area contributed by atoms with Gasteiger partial charge in [0, 0.05) is 70.0 Å². The lowest BCUT2D eigenvalue weighted by Crippen LogP contribution is -2.47. The molecule has 4 rings (SSSR count). The van der Waals surface area contributed by atoms with Crippen LogP contribution < -0.4 is 0 Å². The van der Waals surface area contributed by atoms with Crippen molar-refractivity contribution in [3.63, 3.8) is 0 Å². The molecule has 3 fully saturated rings. The Labute approximate surface area is 173 Å². The highest BCUT2D eigenvalue weighted by Crippen LogP contribution is 2.33. The molecule has 2 amide bonds. The summed E-state index contributed by atoms with van der Waals surface area (Å²) in [7, 11) is 0. The van der Waals surface area contributed by atoms with Gasteiger partial charge in [0.2, 0.25) is 11.8 Å². The standard InChI is InChI=1S/C22H34N4O3/c1-16-14-23-21(18-7-12-29-13-8-18)26(16)20-4-3-9-25(15-20)22(28)19-5-10-24(11-6-19)17(2)27/h14,18-20H,3-13,15H2,1-2H3. The average molecular weight is 403 g/mol. The second kappa shape index (κ2) is 8.86. The molecule has 0 saturated carbocycles. The van der Waals surface area contributed by atoms with Crippen LogP contribution in [0, 0.1) is 12.8 Å². The Balaban J connectivity index is 1.43. The van der Waals surface area contributed by atoms with Crippen molar-refractivity contribution in [2.24, 2.45) is 5.92 Å². The summed E-state index contributed by atoms with van der Waals surface area (Å²) in [4.78, 5) is 33.5. The zero-order valence-electron chi connectivity index (χ0n) is 17.8. The molecule has 29 heavy (non-hydrogen) atoms. The molecule has 0 spiro atoms. The highest BCUT2D eigenvalue weighted by atomic mass is 16.5. The SMILES string of the molecule is CC(=O)N1CCC(C(=O)N2CCCC(n3c(C)cnc3C3CCOCC3)C2)CC1. The minimum absolute atomic E-state index is 0.0585. The van der Waals surface area contributed by atoms with E-state index in [-0.39, 0.29) is 17.7 Å². The van der Waals surface area contributed by atoms with Gasteiger partial charge < -0.3 is 19.1 Å². The third-order valence-corrected chi connectivity index (χ3v) is 6.96. The quantitative estimate of drug-likeness (QED) is 0.779. The Morgan fingerprint density at radius 3 is 2.45 bits per heavy atom. The van der Waals surface area contributed by atoms with Gasteiger partial charge in [-0.3, -0.25) is 9.59 Å². The number of piperidine rings is 2. The number of aromatic nitrogens is 2. The van der Waals surface area contributed by atoms with Crippen LogP contribution in [0.4, 0.5) is 0 Å². The summed E-state index contributed by atoms with van der Waals surface area (Å²) in [6.07, 6.45) is 7.76. The van der Waals surface area contributed by atoms with Crippen molar-refractivity contribution in [1.29, 1.82) is 0 Å². The fourth-order valence-electron chi connectivity index (χ4n) is 5.26. The van der Waals surface area contributed by atoms with Gasteiger partial charge in [0.15, 0.2) is 0 Å². The van der Waals surface area contributed by atoms with Crippen molar-refractivity contribution >= 4 is 11.8 Å². The maximum atomic E-state index is 13.2. The van der Waals surface area contributed by atoms with Gasteiger partial charge in [0.1, 0.15) is 5.82 Å². The number of hydrogen-bond acceptors (Lipinski definition) is 4. The highest BCUT2D eigenvalue weighted by Gasteiger charge is 2.34. The van der Waals surface area contributed by atoms with Crippen LogP contribution in [-0.2, 0) is 14.3 Å². The average Bonchev–Trinajstić information content (AvgIpc) is 3.15. The molecule has 1 unspecified atom stereocenters. The second-order valence-corrected chi connectivity index (χ2v) is 8.88. The largest absolute Gasteiger partial charge is 0.381 e. The fourth-order valence-corrected chi connectivity index (χ4v) is 5.26. The van der Waals surface area contributed by atoms with Crippen molar-refractivity contribution in [2.75, 3.05) is 39.4 Å². The predicted molar refractivity (Wildman–Crippen MR) is 110 cm³/mol. The van der Waals surface area contributed by atoms with Crippen molar-refractivity contribution in [1.82, 2.24) is 19.4 Å². The number of nitrogens with zero attached hydrogens (tertiary/aromatic N) is 4. The highest BCUT2D eigenvalue weighted by molar-refractivity contribution is 5.80. The molecule has 1 aromatic heterocycles. The number of likely N-dealkylation sites (tertiary alicyclic amines) is 2. The predicted octanol–water partition coefficient (Wildman–Crippen LogP) is 2.51. The van der Waals surface area contributed by atoms with Crippen LogP contribution in [0.5, 0.6) is 0 Å². The first-order valence-electron chi connectivity index (χ1n) is 11.2. The third-order valence-electron chi connectivity index (χ3n) is 6.96. The van der Waals surface area contributed by atoms with Gasteiger partial charge in [-0.2, -0.15) is 0 Å². The van der Waals surface area contributed by atoms with E-state index >= 15 is 0 Å². The number of rotatable bonds is 3. The van der Waals surface area contributed by atoms with E-state index in [1.807, 2.05) is 11.1 Å². The molecule has 3 aliphatic rings. The summed E-state index contributed by atoms with van der Waals surface area (Å²) < 4.78 is 7.95. The molecule has 160 valence electrons. The molecule has 0 aromatic carbocycles. The second-order valence-electron chi connectivity index (χ2n) is 8.88. The van der Waals surface area contributed by atoms with E-state index in [4.69, 9.17) is 9.72 Å². The molecule has 1 aromatic rings. The molecular weight excluding hydrogens is 368 g/mol. The van der Waals surface area contributed by atoms with E-state index in [1.54, 1.807) is 6.92 Å². The maximum absolute atomic E-state index is 13.2. The van der Waals surface area contributed by atoms with Gasteiger partial charge in [-0.1, -0.05) is 0 Å². The minimum atomic E-state index is 0.0585. The number of ether oxygens (including phenoxy) is 1.